The SMILES string of the molecule is c1ccc(-c2nc(-c3ccccc3)nc(-c3cccc(-c4cccc5c4C4(CCCCC4)c4ccccc4-5)c3)n2)cc1. The third-order valence-corrected chi connectivity index (χ3v) is 9.11. The van der Waals surface area contributed by atoms with Gasteiger partial charge < -0.3 is 0 Å². The van der Waals surface area contributed by atoms with Gasteiger partial charge in [-0.2, -0.15) is 0 Å². The number of nitrogens with zero attached hydrogens (tertiary/aromatic N) is 3. The first-order chi connectivity index (χ1) is 20.8. The molecule has 2 aliphatic carbocycles. The first kappa shape index (κ1) is 24.9. The summed E-state index contributed by atoms with van der Waals surface area (Å²) in [5.41, 5.74) is 11.4. The second-order valence-electron chi connectivity index (χ2n) is 11.5. The molecule has 0 atom stereocenters. The maximum absolute atomic E-state index is 5.00. The average molecular weight is 542 g/mol. The molecule has 1 spiro atoms. The summed E-state index contributed by atoms with van der Waals surface area (Å²) in [6.45, 7) is 0. The van der Waals surface area contributed by atoms with Crippen molar-refractivity contribution in [2.75, 3.05) is 0 Å². The number of hydrogen-bond acceptors (Lipinski definition) is 3. The van der Waals surface area contributed by atoms with Crippen LogP contribution in [-0.4, -0.2) is 15.0 Å². The third kappa shape index (κ3) is 4.08. The van der Waals surface area contributed by atoms with Crippen LogP contribution in [0.3, 0.4) is 0 Å². The molecule has 1 aromatic heterocycles. The molecule has 42 heavy (non-hydrogen) atoms. The lowest BCUT2D eigenvalue weighted by molar-refractivity contribution is 0.353. The van der Waals surface area contributed by atoms with Gasteiger partial charge in [0.15, 0.2) is 17.5 Å². The summed E-state index contributed by atoms with van der Waals surface area (Å²) in [7, 11) is 0. The van der Waals surface area contributed by atoms with Crippen molar-refractivity contribution in [3.05, 3.63) is 139 Å². The van der Waals surface area contributed by atoms with Gasteiger partial charge in [-0.15, -0.1) is 0 Å². The van der Waals surface area contributed by atoms with Gasteiger partial charge in [0.1, 0.15) is 0 Å². The Bertz CT molecular complexity index is 1850. The number of benzene rings is 5. The normalized spacial score (nSPS) is 14.9. The van der Waals surface area contributed by atoms with E-state index in [0.717, 1.165) is 16.7 Å². The summed E-state index contributed by atoms with van der Waals surface area (Å²) in [5, 5.41) is 0. The van der Waals surface area contributed by atoms with Crippen molar-refractivity contribution >= 4 is 0 Å². The van der Waals surface area contributed by atoms with Gasteiger partial charge in [0, 0.05) is 22.1 Å². The first-order valence-corrected chi connectivity index (χ1v) is 15.0. The van der Waals surface area contributed by atoms with Crippen LogP contribution >= 0.6 is 0 Å². The van der Waals surface area contributed by atoms with Crippen molar-refractivity contribution in [2.24, 2.45) is 0 Å². The standard InChI is InChI=1S/C39H31N3/c1-4-14-27(15-5-1)36-40-37(28-16-6-2-7-17-28)42-38(41-36)30-19-12-18-29(26-30)31-21-13-22-33-32-20-8-9-23-34(32)39(35(31)33)24-10-3-11-25-39/h1-2,4-9,12-23,26H,3,10-11,24-25H2. The molecule has 0 amide bonds. The summed E-state index contributed by atoms with van der Waals surface area (Å²) in [4.78, 5) is 14.9. The molecule has 5 aromatic carbocycles. The summed E-state index contributed by atoms with van der Waals surface area (Å²) in [5.74, 6) is 2.05. The molecule has 0 radical (unpaired) electrons. The van der Waals surface area contributed by atoms with Crippen molar-refractivity contribution in [1.82, 2.24) is 15.0 Å². The molecule has 0 bridgehead atoms. The summed E-state index contributed by atoms with van der Waals surface area (Å²) < 4.78 is 0. The zero-order valence-corrected chi connectivity index (χ0v) is 23.5. The van der Waals surface area contributed by atoms with Gasteiger partial charge in [-0.05, 0) is 52.3 Å². The van der Waals surface area contributed by atoms with E-state index in [4.69, 9.17) is 15.0 Å². The van der Waals surface area contributed by atoms with E-state index in [1.165, 1.54) is 65.5 Å². The Hall–Kier alpha value is -4.89. The summed E-state index contributed by atoms with van der Waals surface area (Å²) in [6.07, 6.45) is 6.29. The predicted octanol–water partition coefficient (Wildman–Crippen LogP) is 9.77. The monoisotopic (exact) mass is 541 g/mol. The van der Waals surface area contributed by atoms with Crippen molar-refractivity contribution in [1.29, 1.82) is 0 Å². The summed E-state index contributed by atoms with van der Waals surface area (Å²) in [6, 6.07) is 45.1. The van der Waals surface area contributed by atoms with E-state index in [9.17, 15) is 0 Å². The van der Waals surface area contributed by atoms with Crippen LogP contribution in [0, 0.1) is 0 Å². The fourth-order valence-corrected chi connectivity index (χ4v) is 7.24. The molecule has 0 N–H and O–H groups in total. The topological polar surface area (TPSA) is 38.7 Å². The fraction of sp³-hybridized carbons (Fsp3) is 0.154. The Labute approximate surface area is 247 Å². The van der Waals surface area contributed by atoms with E-state index >= 15 is 0 Å². The molecular formula is C39H31N3. The minimum atomic E-state index is 0.0882. The highest BCUT2D eigenvalue weighted by Gasteiger charge is 2.45. The largest absolute Gasteiger partial charge is 0.208 e. The van der Waals surface area contributed by atoms with E-state index in [1.807, 2.05) is 36.4 Å². The van der Waals surface area contributed by atoms with Crippen LogP contribution in [0.15, 0.2) is 127 Å². The fourth-order valence-electron chi connectivity index (χ4n) is 7.24. The van der Waals surface area contributed by atoms with Crippen LogP contribution in [0.25, 0.3) is 56.4 Å². The van der Waals surface area contributed by atoms with Crippen LogP contribution in [0.2, 0.25) is 0 Å². The minimum Gasteiger partial charge on any atom is -0.208 e. The Kier molecular flexibility index (Phi) is 6.03. The maximum atomic E-state index is 5.00. The smallest absolute Gasteiger partial charge is 0.164 e. The van der Waals surface area contributed by atoms with Gasteiger partial charge in [-0.25, -0.2) is 15.0 Å². The van der Waals surface area contributed by atoms with Crippen molar-refractivity contribution < 1.29 is 0 Å². The second kappa shape index (κ2) is 10.2. The van der Waals surface area contributed by atoms with Gasteiger partial charge in [0.25, 0.3) is 0 Å². The van der Waals surface area contributed by atoms with E-state index in [2.05, 4.69) is 91.0 Å². The molecule has 0 aliphatic heterocycles. The zero-order valence-electron chi connectivity index (χ0n) is 23.5. The Morgan fingerprint density at radius 2 is 0.905 bits per heavy atom. The van der Waals surface area contributed by atoms with Gasteiger partial charge >= 0.3 is 0 Å². The van der Waals surface area contributed by atoms with Gasteiger partial charge in [-0.1, -0.05) is 141 Å². The van der Waals surface area contributed by atoms with Gasteiger partial charge in [0.2, 0.25) is 0 Å². The van der Waals surface area contributed by atoms with Crippen LogP contribution < -0.4 is 0 Å². The lowest BCUT2D eigenvalue weighted by atomic mass is 9.66. The zero-order chi connectivity index (χ0) is 27.9. The number of hydrogen-bond donors (Lipinski definition) is 0. The maximum Gasteiger partial charge on any atom is 0.164 e. The molecule has 3 heteroatoms. The van der Waals surface area contributed by atoms with Crippen LogP contribution in [0.1, 0.15) is 43.2 Å². The molecule has 3 nitrogen and oxygen atoms in total. The predicted molar refractivity (Wildman–Crippen MR) is 171 cm³/mol. The van der Waals surface area contributed by atoms with E-state index in [0.29, 0.717) is 17.5 Å². The number of aromatic nitrogens is 3. The van der Waals surface area contributed by atoms with Crippen molar-refractivity contribution in [3.63, 3.8) is 0 Å². The Morgan fingerprint density at radius 3 is 1.60 bits per heavy atom. The molecule has 1 saturated carbocycles. The number of rotatable bonds is 4. The minimum absolute atomic E-state index is 0.0882. The third-order valence-electron chi connectivity index (χ3n) is 9.11. The molecule has 0 saturated heterocycles. The highest BCUT2D eigenvalue weighted by molar-refractivity contribution is 5.89. The molecule has 202 valence electrons. The summed E-state index contributed by atoms with van der Waals surface area (Å²) >= 11 is 0. The van der Waals surface area contributed by atoms with E-state index in [-0.39, 0.29) is 5.41 Å². The van der Waals surface area contributed by atoms with Crippen LogP contribution in [0.4, 0.5) is 0 Å². The highest BCUT2D eigenvalue weighted by Crippen LogP contribution is 2.58. The van der Waals surface area contributed by atoms with Crippen molar-refractivity contribution in [2.45, 2.75) is 37.5 Å². The molecule has 0 unspecified atom stereocenters. The van der Waals surface area contributed by atoms with E-state index < -0.39 is 0 Å². The molecule has 8 rings (SSSR count). The molecule has 1 heterocycles. The quantitative estimate of drug-likeness (QED) is 0.223. The average Bonchev–Trinajstić information content (AvgIpc) is 3.35. The van der Waals surface area contributed by atoms with E-state index in [1.54, 1.807) is 0 Å². The first-order valence-electron chi connectivity index (χ1n) is 15.0. The molecule has 1 fully saturated rings. The lowest BCUT2D eigenvalue weighted by Gasteiger charge is -2.37. The Morgan fingerprint density at radius 1 is 0.405 bits per heavy atom. The number of fused-ring (bicyclic) bond motifs is 5. The van der Waals surface area contributed by atoms with Crippen LogP contribution in [0.5, 0.6) is 0 Å². The van der Waals surface area contributed by atoms with Crippen molar-refractivity contribution in [3.8, 4) is 56.4 Å². The lowest BCUT2D eigenvalue weighted by Crippen LogP contribution is -2.28. The van der Waals surface area contributed by atoms with Gasteiger partial charge in [0.05, 0.1) is 0 Å². The Balaban J connectivity index is 1.29. The highest BCUT2D eigenvalue weighted by atomic mass is 15.0. The molecular weight excluding hydrogens is 510 g/mol. The van der Waals surface area contributed by atoms with Gasteiger partial charge in [-0.3, -0.25) is 0 Å². The second-order valence-corrected chi connectivity index (χ2v) is 11.5. The molecule has 2 aliphatic rings. The molecule has 6 aromatic rings. The van der Waals surface area contributed by atoms with Crippen LogP contribution in [-0.2, 0) is 5.41 Å².